The molecule has 0 radical (unpaired) electrons. The summed E-state index contributed by atoms with van der Waals surface area (Å²) < 4.78 is 57.1. The van der Waals surface area contributed by atoms with Gasteiger partial charge in [0.15, 0.2) is 0 Å². The molecule has 24 heavy (non-hydrogen) atoms. The number of alkyl halides is 3. The monoisotopic (exact) mass is 339 g/mol. The fraction of sp³-hybridized carbons (Fsp3) is 0.133. The van der Waals surface area contributed by atoms with Crippen molar-refractivity contribution in [2.75, 3.05) is 5.32 Å². The number of nitrogens with one attached hydrogen (secondary N) is 1. The molecule has 2 aromatic rings. The number of carbonyl (C=O) groups excluding carboxylic acids is 1. The van der Waals surface area contributed by atoms with Crippen molar-refractivity contribution in [2.24, 2.45) is 0 Å². The predicted molar refractivity (Wildman–Crippen MR) is 78.2 cm³/mol. The van der Waals surface area contributed by atoms with Crippen LogP contribution in [0.1, 0.15) is 21.5 Å². The minimum atomic E-state index is -4.79. The van der Waals surface area contributed by atoms with Crippen LogP contribution >= 0.6 is 0 Å². The molecule has 0 saturated heterocycles. The van der Waals surface area contributed by atoms with Gasteiger partial charge in [-0.2, -0.15) is 13.2 Å². The summed E-state index contributed by atoms with van der Waals surface area (Å²) in [6, 6.07) is 6.14. The predicted octanol–water partition coefficient (Wildman–Crippen LogP) is 2.31. The first-order chi connectivity index (χ1) is 11.3. The minimum absolute atomic E-state index is 0.167. The van der Waals surface area contributed by atoms with E-state index in [0.29, 0.717) is 29.2 Å². The smallest absolute Gasteiger partial charge is 0.423 e. The second kappa shape index (κ2) is 5.92. The maximum atomic E-state index is 13.3. The highest BCUT2D eigenvalue weighted by molar-refractivity contribution is 6.61. The van der Waals surface area contributed by atoms with Gasteiger partial charge < -0.3 is 15.0 Å². The zero-order valence-electron chi connectivity index (χ0n) is 12.0. The maximum Gasteiger partial charge on any atom is 0.491 e. The van der Waals surface area contributed by atoms with Gasteiger partial charge in [-0.3, -0.25) is 4.79 Å². The first-order valence-electron chi connectivity index (χ1n) is 6.86. The van der Waals surface area contributed by atoms with E-state index in [1.54, 1.807) is 6.07 Å². The van der Waals surface area contributed by atoms with Gasteiger partial charge in [-0.05, 0) is 41.4 Å². The standard InChI is InChI=1S/C15H10BF4NO3/c17-9-2-4-12(15(18,19)20)11(5-9)14(22)21-10-3-1-8-7-24-16(23)13(8)6-10/h1-6,23H,7H2,(H,21,22). The van der Waals surface area contributed by atoms with Crippen molar-refractivity contribution < 1.29 is 32.0 Å². The minimum Gasteiger partial charge on any atom is -0.423 e. The zero-order valence-corrected chi connectivity index (χ0v) is 12.0. The lowest BCUT2D eigenvalue weighted by Crippen LogP contribution is -2.28. The molecule has 0 unspecified atom stereocenters. The summed E-state index contributed by atoms with van der Waals surface area (Å²) in [5.74, 6) is -2.05. The van der Waals surface area contributed by atoms with Crippen LogP contribution in [0.5, 0.6) is 0 Å². The van der Waals surface area contributed by atoms with Gasteiger partial charge in [0, 0.05) is 5.69 Å². The van der Waals surface area contributed by atoms with E-state index in [9.17, 15) is 27.4 Å². The summed E-state index contributed by atoms with van der Waals surface area (Å²) >= 11 is 0. The molecule has 9 heteroatoms. The van der Waals surface area contributed by atoms with Crippen molar-refractivity contribution in [3.8, 4) is 0 Å². The van der Waals surface area contributed by atoms with Crippen molar-refractivity contribution in [1.82, 2.24) is 0 Å². The molecule has 0 atom stereocenters. The molecule has 1 amide bonds. The number of halogens is 4. The van der Waals surface area contributed by atoms with E-state index in [2.05, 4.69) is 5.32 Å². The topological polar surface area (TPSA) is 58.6 Å². The molecule has 0 spiro atoms. The number of carbonyl (C=O) groups is 1. The van der Waals surface area contributed by atoms with Gasteiger partial charge in [-0.25, -0.2) is 4.39 Å². The summed E-state index contributed by atoms with van der Waals surface area (Å²) in [6.07, 6.45) is -4.79. The largest absolute Gasteiger partial charge is 0.491 e. The highest BCUT2D eigenvalue weighted by Gasteiger charge is 2.35. The third kappa shape index (κ3) is 3.13. The first-order valence-corrected chi connectivity index (χ1v) is 6.86. The fourth-order valence-corrected chi connectivity index (χ4v) is 2.44. The van der Waals surface area contributed by atoms with Gasteiger partial charge in [0.2, 0.25) is 0 Å². The molecular weight excluding hydrogens is 329 g/mol. The molecule has 1 aliphatic heterocycles. The van der Waals surface area contributed by atoms with Crippen LogP contribution in [0, 0.1) is 5.82 Å². The van der Waals surface area contributed by atoms with Gasteiger partial charge in [0.1, 0.15) is 5.82 Å². The number of fused-ring (bicyclic) bond motifs is 1. The molecule has 124 valence electrons. The number of hydrogen-bond acceptors (Lipinski definition) is 3. The van der Waals surface area contributed by atoms with E-state index in [4.69, 9.17) is 4.65 Å². The lowest BCUT2D eigenvalue weighted by Gasteiger charge is -2.13. The molecule has 0 aromatic heterocycles. The Bertz CT molecular complexity index is 810. The quantitative estimate of drug-likeness (QED) is 0.652. The van der Waals surface area contributed by atoms with E-state index < -0.39 is 36.1 Å². The second-order valence-corrected chi connectivity index (χ2v) is 5.22. The van der Waals surface area contributed by atoms with Gasteiger partial charge in [-0.15, -0.1) is 0 Å². The second-order valence-electron chi connectivity index (χ2n) is 5.22. The van der Waals surface area contributed by atoms with E-state index >= 15 is 0 Å². The van der Waals surface area contributed by atoms with Crippen molar-refractivity contribution in [2.45, 2.75) is 12.8 Å². The summed E-state index contributed by atoms with van der Waals surface area (Å²) in [4.78, 5) is 12.1. The summed E-state index contributed by atoms with van der Waals surface area (Å²) in [5.41, 5.74) is -0.753. The van der Waals surface area contributed by atoms with Crippen LogP contribution in [0.25, 0.3) is 0 Å². The molecule has 2 aromatic carbocycles. The normalized spacial score (nSPS) is 13.8. The molecule has 1 aliphatic rings. The Morgan fingerprint density at radius 1 is 1.21 bits per heavy atom. The fourth-order valence-electron chi connectivity index (χ4n) is 2.44. The summed E-state index contributed by atoms with van der Waals surface area (Å²) in [5, 5.41) is 11.9. The van der Waals surface area contributed by atoms with Gasteiger partial charge in [0.25, 0.3) is 5.91 Å². The van der Waals surface area contributed by atoms with E-state index in [1.165, 1.54) is 12.1 Å². The lowest BCUT2D eigenvalue weighted by atomic mass is 9.79. The van der Waals surface area contributed by atoms with Crippen LogP contribution in [-0.2, 0) is 17.4 Å². The van der Waals surface area contributed by atoms with Crippen LogP contribution in [0.4, 0.5) is 23.2 Å². The molecule has 0 fully saturated rings. The average Bonchev–Trinajstić information content (AvgIpc) is 2.87. The number of hydrogen-bond donors (Lipinski definition) is 2. The molecular formula is C15H10BF4NO3. The maximum absolute atomic E-state index is 13.3. The van der Waals surface area contributed by atoms with E-state index in [0.717, 1.165) is 0 Å². The third-order valence-electron chi connectivity index (χ3n) is 3.60. The Hall–Kier alpha value is -2.39. The molecule has 2 N–H and O–H groups in total. The number of benzene rings is 2. The van der Waals surface area contributed by atoms with Crippen molar-refractivity contribution in [3.05, 3.63) is 58.9 Å². The number of anilines is 1. The van der Waals surface area contributed by atoms with Gasteiger partial charge in [0.05, 0.1) is 17.7 Å². The van der Waals surface area contributed by atoms with Crippen LogP contribution in [0.15, 0.2) is 36.4 Å². The van der Waals surface area contributed by atoms with Crippen LogP contribution in [-0.4, -0.2) is 18.0 Å². The van der Waals surface area contributed by atoms with Gasteiger partial charge >= 0.3 is 13.3 Å². The Kier molecular flexibility index (Phi) is 4.06. The Morgan fingerprint density at radius 3 is 2.67 bits per heavy atom. The van der Waals surface area contributed by atoms with Crippen molar-refractivity contribution in [1.29, 1.82) is 0 Å². The van der Waals surface area contributed by atoms with Crippen molar-refractivity contribution in [3.63, 3.8) is 0 Å². The van der Waals surface area contributed by atoms with E-state index in [1.807, 2.05) is 0 Å². The number of amides is 1. The summed E-state index contributed by atoms with van der Waals surface area (Å²) in [6.45, 7) is 0.201. The lowest BCUT2D eigenvalue weighted by molar-refractivity contribution is -0.137. The zero-order chi connectivity index (χ0) is 17.5. The molecule has 0 aliphatic carbocycles. The first kappa shape index (κ1) is 16.5. The highest BCUT2D eigenvalue weighted by Crippen LogP contribution is 2.32. The van der Waals surface area contributed by atoms with Crippen LogP contribution < -0.4 is 10.8 Å². The SMILES string of the molecule is O=C(Nc1ccc2c(c1)B(O)OC2)c1cc(F)ccc1C(F)(F)F. The van der Waals surface area contributed by atoms with Crippen LogP contribution in [0.2, 0.25) is 0 Å². The van der Waals surface area contributed by atoms with Gasteiger partial charge in [-0.1, -0.05) is 6.07 Å². The molecule has 4 nitrogen and oxygen atoms in total. The number of rotatable bonds is 2. The third-order valence-corrected chi connectivity index (χ3v) is 3.60. The molecule has 0 bridgehead atoms. The van der Waals surface area contributed by atoms with Crippen molar-refractivity contribution >= 4 is 24.2 Å². The Labute approximate surface area is 134 Å². The molecule has 0 saturated carbocycles. The average molecular weight is 339 g/mol. The molecule has 3 rings (SSSR count). The van der Waals surface area contributed by atoms with E-state index in [-0.39, 0.29) is 12.3 Å². The Morgan fingerprint density at radius 2 is 1.96 bits per heavy atom. The van der Waals surface area contributed by atoms with Crippen LogP contribution in [0.3, 0.4) is 0 Å². The summed E-state index contributed by atoms with van der Waals surface area (Å²) in [7, 11) is -1.16. The Balaban J connectivity index is 1.91. The highest BCUT2D eigenvalue weighted by atomic mass is 19.4. The molecule has 1 heterocycles.